The van der Waals surface area contributed by atoms with E-state index in [4.69, 9.17) is 0 Å². The van der Waals surface area contributed by atoms with E-state index in [1.807, 2.05) is 0 Å². The van der Waals surface area contributed by atoms with E-state index in [1.54, 1.807) is 18.6 Å². The molecule has 0 fully saturated rings. The number of rotatable bonds is 3. The highest BCUT2D eigenvalue weighted by Gasteiger charge is 2.21. The summed E-state index contributed by atoms with van der Waals surface area (Å²) in [6, 6.07) is 0. The molecule has 1 aliphatic heterocycles. The lowest BCUT2D eigenvalue weighted by atomic mass is 10.1. The van der Waals surface area contributed by atoms with E-state index >= 15 is 0 Å². The van der Waals surface area contributed by atoms with Gasteiger partial charge in [-0.3, -0.25) is 4.90 Å². The molecular weight excluding hydrogens is 278 g/mol. The highest BCUT2D eigenvalue weighted by atomic mass is 32.2. The van der Waals surface area contributed by atoms with Crippen LogP contribution in [0, 0.1) is 0 Å². The fourth-order valence-corrected chi connectivity index (χ4v) is 2.79. The molecule has 3 heterocycles. The fraction of sp³-hybridized carbons (Fsp3) is 0.417. The van der Waals surface area contributed by atoms with Crippen molar-refractivity contribution in [3.63, 3.8) is 0 Å². The zero-order valence-electron chi connectivity index (χ0n) is 11.1. The van der Waals surface area contributed by atoms with Crippen LogP contribution in [-0.2, 0) is 29.3 Å². The average molecular weight is 293 g/mol. The third-order valence-electron chi connectivity index (χ3n) is 3.25. The SMILES string of the molecule is CS(=O)(=O)c1ncc2c(n1)CCN(Cc1ncc[nH]1)C2. The summed E-state index contributed by atoms with van der Waals surface area (Å²) in [7, 11) is -3.34. The molecule has 0 bridgehead atoms. The minimum Gasteiger partial charge on any atom is -0.348 e. The van der Waals surface area contributed by atoms with Crippen LogP contribution >= 0.6 is 0 Å². The summed E-state index contributed by atoms with van der Waals surface area (Å²) in [5.41, 5.74) is 1.81. The van der Waals surface area contributed by atoms with E-state index in [0.717, 1.165) is 42.8 Å². The first-order valence-electron chi connectivity index (χ1n) is 6.28. The molecule has 1 aliphatic rings. The first kappa shape index (κ1) is 13.2. The van der Waals surface area contributed by atoms with Crippen LogP contribution in [0.2, 0.25) is 0 Å². The van der Waals surface area contributed by atoms with Crippen molar-refractivity contribution in [2.75, 3.05) is 12.8 Å². The molecule has 2 aromatic heterocycles. The zero-order chi connectivity index (χ0) is 14.2. The predicted octanol–water partition coefficient (Wildman–Crippen LogP) is 0.161. The summed E-state index contributed by atoms with van der Waals surface area (Å²) in [6.07, 6.45) is 7.00. The molecule has 0 spiro atoms. The van der Waals surface area contributed by atoms with Crippen LogP contribution in [0.4, 0.5) is 0 Å². The number of nitrogens with zero attached hydrogens (tertiary/aromatic N) is 4. The second kappa shape index (κ2) is 4.95. The molecule has 20 heavy (non-hydrogen) atoms. The van der Waals surface area contributed by atoms with E-state index in [0.29, 0.717) is 6.54 Å². The summed E-state index contributed by atoms with van der Waals surface area (Å²) in [5, 5.41) is -0.0873. The lowest BCUT2D eigenvalue weighted by Crippen LogP contribution is -2.31. The van der Waals surface area contributed by atoms with Crippen molar-refractivity contribution < 1.29 is 8.42 Å². The second-order valence-electron chi connectivity index (χ2n) is 4.89. The van der Waals surface area contributed by atoms with Gasteiger partial charge in [0.15, 0.2) is 0 Å². The lowest BCUT2D eigenvalue weighted by Gasteiger charge is -2.27. The van der Waals surface area contributed by atoms with Gasteiger partial charge in [0.2, 0.25) is 15.0 Å². The number of aromatic amines is 1. The average Bonchev–Trinajstić information content (AvgIpc) is 2.90. The molecule has 0 unspecified atom stereocenters. The molecule has 0 amide bonds. The minimum absolute atomic E-state index is 0.0873. The third-order valence-corrected chi connectivity index (χ3v) is 4.11. The molecule has 7 nitrogen and oxygen atoms in total. The Hall–Kier alpha value is -1.80. The lowest BCUT2D eigenvalue weighted by molar-refractivity contribution is 0.237. The van der Waals surface area contributed by atoms with Crippen molar-refractivity contribution in [1.29, 1.82) is 0 Å². The molecule has 0 aromatic carbocycles. The van der Waals surface area contributed by atoms with Crippen molar-refractivity contribution >= 4 is 9.84 Å². The van der Waals surface area contributed by atoms with Gasteiger partial charge in [-0.25, -0.2) is 23.4 Å². The van der Waals surface area contributed by atoms with Gasteiger partial charge in [0.25, 0.3) is 0 Å². The molecule has 0 aliphatic carbocycles. The Kier molecular flexibility index (Phi) is 3.27. The smallest absolute Gasteiger partial charge is 0.246 e. The van der Waals surface area contributed by atoms with Gasteiger partial charge in [0.1, 0.15) is 5.82 Å². The molecule has 0 saturated heterocycles. The van der Waals surface area contributed by atoms with E-state index in [1.165, 1.54) is 0 Å². The van der Waals surface area contributed by atoms with Crippen molar-refractivity contribution in [2.24, 2.45) is 0 Å². The zero-order valence-corrected chi connectivity index (χ0v) is 11.9. The Morgan fingerprint density at radius 1 is 1.40 bits per heavy atom. The molecule has 0 atom stereocenters. The number of sulfone groups is 1. The maximum atomic E-state index is 11.4. The van der Waals surface area contributed by atoms with Gasteiger partial charge >= 0.3 is 0 Å². The van der Waals surface area contributed by atoms with Crippen molar-refractivity contribution in [3.05, 3.63) is 35.7 Å². The summed E-state index contributed by atoms with van der Waals surface area (Å²) < 4.78 is 22.9. The number of hydrogen-bond acceptors (Lipinski definition) is 6. The van der Waals surface area contributed by atoms with Crippen LogP contribution in [0.3, 0.4) is 0 Å². The maximum absolute atomic E-state index is 11.4. The summed E-state index contributed by atoms with van der Waals surface area (Å²) in [4.78, 5) is 17.6. The van der Waals surface area contributed by atoms with Crippen LogP contribution in [-0.4, -0.2) is 46.1 Å². The van der Waals surface area contributed by atoms with Gasteiger partial charge in [-0.2, -0.15) is 0 Å². The Labute approximate surface area is 117 Å². The normalized spacial score (nSPS) is 16.1. The van der Waals surface area contributed by atoms with E-state index in [-0.39, 0.29) is 5.16 Å². The summed E-state index contributed by atoms with van der Waals surface area (Å²) in [5.74, 6) is 0.919. The van der Waals surface area contributed by atoms with Gasteiger partial charge < -0.3 is 4.98 Å². The van der Waals surface area contributed by atoms with E-state index in [9.17, 15) is 8.42 Å². The number of H-pyrrole nitrogens is 1. The summed E-state index contributed by atoms with van der Waals surface area (Å²) in [6.45, 7) is 2.27. The molecular formula is C12H15N5O2S. The number of hydrogen-bond donors (Lipinski definition) is 1. The Morgan fingerprint density at radius 2 is 2.25 bits per heavy atom. The Morgan fingerprint density at radius 3 is 2.95 bits per heavy atom. The van der Waals surface area contributed by atoms with E-state index in [2.05, 4.69) is 24.8 Å². The third kappa shape index (κ3) is 2.70. The quantitative estimate of drug-likeness (QED) is 0.811. The molecule has 0 radical (unpaired) electrons. The molecule has 0 saturated carbocycles. The maximum Gasteiger partial charge on any atom is 0.246 e. The molecule has 1 N–H and O–H groups in total. The highest BCUT2D eigenvalue weighted by Crippen LogP contribution is 2.18. The standard InChI is InChI=1S/C12H15N5O2S/c1-20(18,19)12-15-6-9-7-17(5-2-10(9)16-12)8-11-13-3-4-14-11/h3-4,6H,2,5,7-8H2,1H3,(H,13,14). The first-order valence-corrected chi connectivity index (χ1v) is 8.17. The number of fused-ring (bicyclic) bond motifs is 1. The summed E-state index contributed by atoms with van der Waals surface area (Å²) >= 11 is 0. The van der Waals surface area contributed by atoms with Gasteiger partial charge in [0.05, 0.1) is 12.2 Å². The van der Waals surface area contributed by atoms with Crippen molar-refractivity contribution in [2.45, 2.75) is 24.7 Å². The number of aromatic nitrogens is 4. The van der Waals surface area contributed by atoms with Gasteiger partial charge in [-0.1, -0.05) is 0 Å². The van der Waals surface area contributed by atoms with Gasteiger partial charge in [-0.05, 0) is 0 Å². The molecule has 2 aromatic rings. The Bertz CT molecular complexity index is 711. The van der Waals surface area contributed by atoms with Crippen LogP contribution in [0.25, 0.3) is 0 Å². The number of nitrogens with one attached hydrogen (secondary N) is 1. The van der Waals surface area contributed by atoms with Gasteiger partial charge in [-0.15, -0.1) is 0 Å². The number of imidazole rings is 1. The molecule has 106 valence electrons. The van der Waals surface area contributed by atoms with Crippen molar-refractivity contribution in [1.82, 2.24) is 24.8 Å². The first-order chi connectivity index (χ1) is 9.52. The van der Waals surface area contributed by atoms with E-state index < -0.39 is 9.84 Å². The van der Waals surface area contributed by atoms with Crippen LogP contribution < -0.4 is 0 Å². The monoisotopic (exact) mass is 293 g/mol. The largest absolute Gasteiger partial charge is 0.348 e. The topological polar surface area (TPSA) is 91.8 Å². The minimum atomic E-state index is -3.34. The van der Waals surface area contributed by atoms with Gasteiger partial charge in [0, 0.05) is 49.9 Å². The Balaban J connectivity index is 1.79. The molecule has 3 rings (SSSR count). The van der Waals surface area contributed by atoms with Crippen molar-refractivity contribution in [3.8, 4) is 0 Å². The fourth-order valence-electron chi connectivity index (χ4n) is 2.27. The van der Waals surface area contributed by atoms with Crippen LogP contribution in [0.5, 0.6) is 0 Å². The predicted molar refractivity (Wildman–Crippen MR) is 71.5 cm³/mol. The highest BCUT2D eigenvalue weighted by molar-refractivity contribution is 7.90. The molecule has 8 heteroatoms. The van der Waals surface area contributed by atoms with Crippen LogP contribution in [0.15, 0.2) is 23.7 Å². The van der Waals surface area contributed by atoms with Crippen LogP contribution in [0.1, 0.15) is 17.1 Å². The second-order valence-corrected chi connectivity index (χ2v) is 6.80.